The number of aromatic nitrogens is 3. The minimum Gasteiger partial charge on any atom is -0.486 e. The first kappa shape index (κ1) is 38.5. The molecule has 54 heavy (non-hydrogen) atoms. The van der Waals surface area contributed by atoms with Gasteiger partial charge in [-0.05, 0) is 95.9 Å². The molecule has 1 radical (unpaired) electrons. The summed E-state index contributed by atoms with van der Waals surface area (Å²) in [5.41, 5.74) is 15.3. The molecular weight excluding hydrogens is 839 g/mol. The van der Waals surface area contributed by atoms with Gasteiger partial charge in [-0.25, -0.2) is 4.98 Å². The van der Waals surface area contributed by atoms with E-state index in [4.69, 9.17) is 9.40 Å². The Hall–Kier alpha value is -5.22. The Balaban J connectivity index is 0.000000197. The van der Waals surface area contributed by atoms with Crippen LogP contribution in [0.5, 0.6) is 0 Å². The summed E-state index contributed by atoms with van der Waals surface area (Å²) < 4.78 is 6.29. The molecule has 8 rings (SSSR count). The third kappa shape index (κ3) is 9.10. The number of rotatable bonds is 7. The molecule has 8 aromatic rings. The molecule has 0 spiro atoms. The van der Waals surface area contributed by atoms with E-state index in [-0.39, 0.29) is 25.5 Å². The summed E-state index contributed by atoms with van der Waals surface area (Å²) in [6.45, 7) is 13.1. The number of aryl methyl sites for hydroxylation is 5. The van der Waals surface area contributed by atoms with Crippen LogP contribution >= 0.6 is 0 Å². The molecule has 4 heterocycles. The summed E-state index contributed by atoms with van der Waals surface area (Å²) in [5.74, 6) is 0. The van der Waals surface area contributed by atoms with Gasteiger partial charge in [0.25, 0.3) is 0 Å². The molecule has 4 aromatic heterocycles. The van der Waals surface area contributed by atoms with Crippen molar-refractivity contribution >= 4 is 22.1 Å². The van der Waals surface area contributed by atoms with Crippen molar-refractivity contribution in [2.75, 3.05) is 0 Å². The Morgan fingerprint density at radius 3 is 2.22 bits per heavy atom. The van der Waals surface area contributed by atoms with Crippen LogP contribution in [-0.2, 0) is 39.4 Å². The number of furan rings is 1. The van der Waals surface area contributed by atoms with Gasteiger partial charge in [0.15, 0.2) is 0 Å². The molecule has 0 saturated heterocycles. The molecule has 0 saturated carbocycles. The van der Waals surface area contributed by atoms with Gasteiger partial charge in [-0.1, -0.05) is 111 Å². The number of pyridine rings is 3. The Bertz CT molecular complexity index is 2500. The van der Waals surface area contributed by atoms with E-state index in [1.165, 1.54) is 38.9 Å². The van der Waals surface area contributed by atoms with E-state index in [2.05, 4.69) is 161 Å². The molecule has 4 nitrogen and oxygen atoms in total. The zero-order valence-corrected chi connectivity index (χ0v) is 34.2. The van der Waals surface area contributed by atoms with Crippen molar-refractivity contribution in [2.24, 2.45) is 5.41 Å². The third-order valence-corrected chi connectivity index (χ3v) is 9.47. The molecule has 0 aliphatic rings. The summed E-state index contributed by atoms with van der Waals surface area (Å²) in [6.07, 6.45) is 6.66. The second-order valence-electron chi connectivity index (χ2n) is 15.1. The monoisotopic (exact) mass is 884 g/mol. The summed E-state index contributed by atoms with van der Waals surface area (Å²) in [5, 5.41) is 2.09. The Labute approximate surface area is 333 Å². The fraction of sp³-hybridized carbons (Fsp3) is 0.204. The first-order valence-corrected chi connectivity index (χ1v) is 18.3. The van der Waals surface area contributed by atoms with Crippen LogP contribution < -0.4 is 0 Å². The van der Waals surface area contributed by atoms with E-state index in [1.54, 1.807) is 0 Å². The van der Waals surface area contributed by atoms with Gasteiger partial charge in [-0.15, -0.1) is 53.6 Å². The molecule has 0 aliphatic carbocycles. The topological polar surface area (TPSA) is 51.8 Å². The maximum Gasteiger partial charge on any atom is 0.216 e. The van der Waals surface area contributed by atoms with Crippen molar-refractivity contribution in [1.29, 1.82) is 0 Å². The van der Waals surface area contributed by atoms with Gasteiger partial charge < -0.3 is 14.4 Å². The second kappa shape index (κ2) is 16.8. The van der Waals surface area contributed by atoms with E-state index < -0.39 is 0 Å². The number of nitrogens with zero attached hydrogens (tertiary/aromatic N) is 3. The van der Waals surface area contributed by atoms with Crippen molar-refractivity contribution in [3.05, 3.63) is 173 Å². The summed E-state index contributed by atoms with van der Waals surface area (Å²) in [4.78, 5) is 14.0. The first-order chi connectivity index (χ1) is 25.6. The average Bonchev–Trinajstić information content (AvgIpc) is 3.53. The molecule has 5 heteroatoms. The molecule has 273 valence electrons. The van der Waals surface area contributed by atoms with Gasteiger partial charge in [0.05, 0.1) is 5.58 Å². The van der Waals surface area contributed by atoms with E-state index in [0.717, 1.165) is 63.8 Å². The van der Waals surface area contributed by atoms with Crippen LogP contribution in [0.4, 0.5) is 0 Å². The predicted molar refractivity (Wildman–Crippen MR) is 219 cm³/mol. The fourth-order valence-corrected chi connectivity index (χ4v) is 6.74. The van der Waals surface area contributed by atoms with Crippen LogP contribution in [0.1, 0.15) is 54.3 Å². The molecule has 0 amide bonds. The fourth-order valence-electron chi connectivity index (χ4n) is 6.74. The van der Waals surface area contributed by atoms with Crippen molar-refractivity contribution in [1.82, 2.24) is 15.0 Å². The molecule has 4 aromatic carbocycles. The first-order valence-electron chi connectivity index (χ1n) is 18.3. The second-order valence-corrected chi connectivity index (χ2v) is 15.1. The van der Waals surface area contributed by atoms with Gasteiger partial charge in [0, 0.05) is 43.6 Å². The molecule has 0 bridgehead atoms. The van der Waals surface area contributed by atoms with Crippen LogP contribution in [-0.4, -0.2) is 15.0 Å². The summed E-state index contributed by atoms with van der Waals surface area (Å²) >= 11 is 0. The molecule has 0 aliphatic heterocycles. The summed E-state index contributed by atoms with van der Waals surface area (Å²) in [7, 11) is 0. The third-order valence-electron chi connectivity index (χ3n) is 9.47. The van der Waals surface area contributed by atoms with Gasteiger partial charge in [-0.3, -0.25) is 0 Å². The average molecular weight is 884 g/mol. The van der Waals surface area contributed by atoms with Crippen LogP contribution in [0.3, 0.4) is 0 Å². The number of fused-ring (bicyclic) bond motifs is 3. The number of benzene rings is 4. The Morgan fingerprint density at radius 1 is 0.667 bits per heavy atom. The van der Waals surface area contributed by atoms with Gasteiger partial charge in [0.2, 0.25) is 5.71 Å². The SMILES string of the molecule is CC(C)(C)Cc1ccnc(-c2[c-]ccc3c2oc2nc(CCc4ccccc4)ccc23)c1.Cc1c[c-]c(-c2cc(-c3ccccc3C)c(C)cn2)cc1.[Ir]. The smallest absolute Gasteiger partial charge is 0.216 e. The van der Waals surface area contributed by atoms with E-state index >= 15 is 0 Å². The van der Waals surface area contributed by atoms with E-state index in [0.29, 0.717) is 5.71 Å². The summed E-state index contributed by atoms with van der Waals surface area (Å²) in [6, 6.07) is 46.5. The zero-order chi connectivity index (χ0) is 37.0. The van der Waals surface area contributed by atoms with Crippen molar-refractivity contribution in [3.8, 4) is 33.6 Å². The number of hydrogen-bond donors (Lipinski definition) is 0. The number of hydrogen-bond acceptors (Lipinski definition) is 4. The van der Waals surface area contributed by atoms with Crippen molar-refractivity contribution < 1.29 is 24.5 Å². The van der Waals surface area contributed by atoms with E-state index in [9.17, 15) is 0 Å². The molecular formula is C49H45IrN3O-2. The maximum absolute atomic E-state index is 6.29. The van der Waals surface area contributed by atoms with Crippen molar-refractivity contribution in [2.45, 2.75) is 60.8 Å². The maximum atomic E-state index is 6.29. The molecule has 0 unspecified atom stereocenters. The van der Waals surface area contributed by atoms with Gasteiger partial charge in [-0.2, -0.15) is 0 Å². The molecule has 0 atom stereocenters. The largest absolute Gasteiger partial charge is 0.486 e. The normalized spacial score (nSPS) is 11.2. The quantitative estimate of drug-likeness (QED) is 0.150. The van der Waals surface area contributed by atoms with Gasteiger partial charge >= 0.3 is 0 Å². The zero-order valence-electron chi connectivity index (χ0n) is 31.8. The molecule has 0 fully saturated rings. The minimum atomic E-state index is 0. The van der Waals surface area contributed by atoms with Gasteiger partial charge in [0.1, 0.15) is 0 Å². The van der Waals surface area contributed by atoms with Crippen LogP contribution in [0.15, 0.2) is 132 Å². The standard InChI is InChI=1S/C29H27N2O.C20H18N.Ir/c1-29(2,3)19-21-16-17-30-26(18-21)25-11-7-10-23-24-15-14-22(31-28(24)32-27(23)25)13-12-20-8-5-4-6-9-20;1-14-8-10-17(11-9-14)20-12-19(16(3)13-21-20)18-7-5-4-6-15(18)2;/h4-10,14-18H,12-13,19H2,1-3H3;4-10,12-13H,1-3H3;/q2*-1;. The van der Waals surface area contributed by atoms with Crippen LogP contribution in [0, 0.1) is 38.3 Å². The minimum absolute atomic E-state index is 0. The van der Waals surface area contributed by atoms with Crippen molar-refractivity contribution in [3.63, 3.8) is 0 Å². The predicted octanol–water partition coefficient (Wildman–Crippen LogP) is 12.4. The molecule has 0 N–H and O–H groups in total. The van der Waals surface area contributed by atoms with Crippen LogP contribution in [0.2, 0.25) is 0 Å². The Morgan fingerprint density at radius 2 is 1.46 bits per heavy atom. The van der Waals surface area contributed by atoms with Crippen LogP contribution in [0.25, 0.3) is 55.7 Å². The van der Waals surface area contributed by atoms with E-state index in [1.807, 2.05) is 30.6 Å². The Kier molecular flexibility index (Phi) is 12.0.